The van der Waals surface area contributed by atoms with Crippen LogP contribution in [0.25, 0.3) is 22.4 Å². The molecule has 0 radical (unpaired) electrons. The lowest BCUT2D eigenvalue weighted by molar-refractivity contribution is 0.0751. The Balaban J connectivity index is 1.41. The minimum absolute atomic E-state index is 0.0241. The molecule has 0 spiro atoms. The number of hydrogen-bond donors (Lipinski definition) is 1. The summed E-state index contributed by atoms with van der Waals surface area (Å²) in [5.41, 5.74) is 5.91. The molecule has 1 aliphatic rings. The number of amides is 1. The Morgan fingerprint density at radius 1 is 1.00 bits per heavy atom. The summed E-state index contributed by atoms with van der Waals surface area (Å²) in [6, 6.07) is 20.2. The number of hydrogen-bond acceptors (Lipinski definition) is 2. The van der Waals surface area contributed by atoms with Gasteiger partial charge in [0.2, 0.25) is 0 Å². The largest absolute Gasteiger partial charge is 0.360 e. The Labute approximate surface area is 179 Å². The van der Waals surface area contributed by atoms with Crippen LogP contribution in [0.2, 0.25) is 0 Å². The van der Waals surface area contributed by atoms with Crippen LogP contribution in [0.3, 0.4) is 0 Å². The van der Waals surface area contributed by atoms with Gasteiger partial charge in [-0.1, -0.05) is 30.3 Å². The van der Waals surface area contributed by atoms with E-state index in [0.717, 1.165) is 33.7 Å². The Hall–Kier alpha value is -4.06. The van der Waals surface area contributed by atoms with E-state index >= 15 is 0 Å². The number of carbonyl (C=O) groups is 1. The molecular formula is C25H21N5O. The number of aromatic nitrogens is 4. The highest BCUT2D eigenvalue weighted by Gasteiger charge is 2.32. The smallest absolute Gasteiger partial charge is 0.256 e. The van der Waals surface area contributed by atoms with Crippen molar-refractivity contribution in [3.63, 3.8) is 0 Å². The van der Waals surface area contributed by atoms with Gasteiger partial charge in [-0.05, 0) is 42.8 Å². The highest BCUT2D eigenvalue weighted by molar-refractivity contribution is 6.06. The zero-order chi connectivity index (χ0) is 20.9. The fourth-order valence-electron chi connectivity index (χ4n) is 4.44. The normalized spacial score (nSPS) is 13.1. The maximum atomic E-state index is 13.4. The maximum absolute atomic E-state index is 13.4. The number of aryl methyl sites for hydroxylation is 1. The van der Waals surface area contributed by atoms with Crippen LogP contribution in [0.1, 0.15) is 27.2 Å². The molecule has 1 N–H and O–H groups in total. The first-order chi connectivity index (χ1) is 15.2. The number of nitrogens with zero attached hydrogens (tertiary/aromatic N) is 4. The Kier molecular flexibility index (Phi) is 3.86. The number of fused-ring (bicyclic) bond motifs is 2. The number of H-pyrrole nitrogens is 1. The van der Waals surface area contributed by atoms with E-state index in [4.69, 9.17) is 5.10 Å². The molecule has 0 unspecified atom stereocenters. The van der Waals surface area contributed by atoms with E-state index in [9.17, 15) is 4.79 Å². The predicted octanol–water partition coefficient (Wildman–Crippen LogP) is 4.61. The quantitative estimate of drug-likeness (QED) is 0.475. The van der Waals surface area contributed by atoms with Crippen LogP contribution in [-0.4, -0.2) is 30.1 Å². The van der Waals surface area contributed by atoms with E-state index in [1.807, 2.05) is 70.6 Å². The maximum Gasteiger partial charge on any atom is 0.256 e. The lowest BCUT2D eigenvalue weighted by Gasteiger charge is -2.17. The predicted molar refractivity (Wildman–Crippen MR) is 120 cm³/mol. The second-order valence-corrected chi connectivity index (χ2v) is 8.00. The molecule has 6 rings (SSSR count). The van der Waals surface area contributed by atoms with Gasteiger partial charge < -0.3 is 14.5 Å². The lowest BCUT2D eigenvalue weighted by atomic mass is 10.1. The van der Waals surface area contributed by atoms with Gasteiger partial charge in [0, 0.05) is 35.1 Å². The molecule has 3 aromatic heterocycles. The van der Waals surface area contributed by atoms with Crippen molar-refractivity contribution in [1.82, 2.24) is 24.2 Å². The molecule has 1 amide bonds. The van der Waals surface area contributed by atoms with Gasteiger partial charge >= 0.3 is 0 Å². The van der Waals surface area contributed by atoms with Gasteiger partial charge in [-0.2, -0.15) is 5.10 Å². The number of benzene rings is 2. The first-order valence-electron chi connectivity index (χ1n) is 10.4. The molecule has 6 heteroatoms. The van der Waals surface area contributed by atoms with Crippen molar-refractivity contribution in [2.75, 3.05) is 0 Å². The highest BCUT2D eigenvalue weighted by atomic mass is 16.2. The van der Waals surface area contributed by atoms with Crippen molar-refractivity contribution < 1.29 is 4.79 Å². The van der Waals surface area contributed by atoms with Crippen LogP contribution < -0.4 is 0 Å². The molecule has 5 aromatic rings. The monoisotopic (exact) mass is 407 g/mol. The summed E-state index contributed by atoms with van der Waals surface area (Å²) in [5.74, 6) is 1.01. The minimum Gasteiger partial charge on any atom is -0.360 e. The van der Waals surface area contributed by atoms with Crippen LogP contribution in [0.4, 0.5) is 0 Å². The van der Waals surface area contributed by atoms with E-state index in [1.165, 1.54) is 5.56 Å². The zero-order valence-corrected chi connectivity index (χ0v) is 17.1. The molecule has 1 aliphatic heterocycles. The van der Waals surface area contributed by atoms with Crippen molar-refractivity contribution in [3.05, 3.63) is 102 Å². The van der Waals surface area contributed by atoms with E-state index in [-0.39, 0.29) is 5.91 Å². The van der Waals surface area contributed by atoms with Crippen LogP contribution >= 0.6 is 0 Å². The third-order valence-electron chi connectivity index (χ3n) is 5.93. The Bertz CT molecular complexity index is 1420. The molecule has 4 heterocycles. The number of carbonyl (C=O) groups excluding carboxylic acids is 1. The molecule has 0 saturated carbocycles. The van der Waals surface area contributed by atoms with Crippen LogP contribution in [0, 0.1) is 6.92 Å². The van der Waals surface area contributed by atoms with E-state index in [1.54, 1.807) is 0 Å². The number of aromatic amines is 1. The van der Waals surface area contributed by atoms with E-state index in [0.29, 0.717) is 18.7 Å². The van der Waals surface area contributed by atoms with Crippen molar-refractivity contribution in [2.45, 2.75) is 20.0 Å². The SMILES string of the molecule is Cc1cccc(-n2nc3c(c2-n2cccc2)CN(C(=O)c2c[nH]c4ccccc24)C3)c1. The van der Waals surface area contributed by atoms with Crippen LogP contribution in [0.5, 0.6) is 0 Å². The van der Waals surface area contributed by atoms with Crippen molar-refractivity contribution in [3.8, 4) is 11.5 Å². The first kappa shape index (κ1) is 17.8. The summed E-state index contributed by atoms with van der Waals surface area (Å²) < 4.78 is 4.07. The minimum atomic E-state index is 0.0241. The molecule has 0 fully saturated rings. The third kappa shape index (κ3) is 2.79. The molecule has 152 valence electrons. The van der Waals surface area contributed by atoms with Crippen LogP contribution in [-0.2, 0) is 13.1 Å². The number of nitrogens with one attached hydrogen (secondary N) is 1. The average Bonchev–Trinajstić information content (AvgIpc) is 3.55. The van der Waals surface area contributed by atoms with Crippen molar-refractivity contribution >= 4 is 16.8 Å². The zero-order valence-electron chi connectivity index (χ0n) is 17.1. The van der Waals surface area contributed by atoms with E-state index < -0.39 is 0 Å². The van der Waals surface area contributed by atoms with Gasteiger partial charge in [0.1, 0.15) is 5.82 Å². The third-order valence-corrected chi connectivity index (χ3v) is 5.93. The van der Waals surface area contributed by atoms with Gasteiger partial charge in [-0.3, -0.25) is 4.79 Å². The molecular weight excluding hydrogens is 386 g/mol. The first-order valence-corrected chi connectivity index (χ1v) is 10.4. The summed E-state index contributed by atoms with van der Waals surface area (Å²) in [6.45, 7) is 3.12. The molecule has 0 aliphatic carbocycles. The summed E-state index contributed by atoms with van der Waals surface area (Å²) in [5, 5.41) is 5.88. The number of rotatable bonds is 3. The summed E-state index contributed by atoms with van der Waals surface area (Å²) in [4.78, 5) is 18.4. The molecule has 0 saturated heterocycles. The van der Waals surface area contributed by atoms with Gasteiger partial charge in [0.15, 0.2) is 0 Å². The molecule has 0 bridgehead atoms. The Morgan fingerprint density at radius 3 is 2.68 bits per heavy atom. The Morgan fingerprint density at radius 2 is 1.84 bits per heavy atom. The highest BCUT2D eigenvalue weighted by Crippen LogP contribution is 2.32. The summed E-state index contributed by atoms with van der Waals surface area (Å²) >= 11 is 0. The molecule has 0 atom stereocenters. The summed E-state index contributed by atoms with van der Waals surface area (Å²) in [7, 11) is 0. The fraction of sp³-hybridized carbons (Fsp3) is 0.120. The fourth-order valence-corrected chi connectivity index (χ4v) is 4.44. The molecule has 6 nitrogen and oxygen atoms in total. The number of para-hydroxylation sites is 1. The second kappa shape index (κ2) is 6.74. The van der Waals surface area contributed by atoms with Crippen molar-refractivity contribution in [1.29, 1.82) is 0 Å². The van der Waals surface area contributed by atoms with Gasteiger partial charge in [0.25, 0.3) is 5.91 Å². The second-order valence-electron chi connectivity index (χ2n) is 8.00. The topological polar surface area (TPSA) is 58.9 Å². The van der Waals surface area contributed by atoms with E-state index in [2.05, 4.69) is 34.7 Å². The van der Waals surface area contributed by atoms with Crippen LogP contribution in [0.15, 0.2) is 79.3 Å². The van der Waals surface area contributed by atoms with Gasteiger partial charge in [-0.25, -0.2) is 4.68 Å². The van der Waals surface area contributed by atoms with Gasteiger partial charge in [0.05, 0.1) is 30.0 Å². The average molecular weight is 407 g/mol. The molecule has 2 aromatic carbocycles. The van der Waals surface area contributed by atoms with Crippen molar-refractivity contribution in [2.24, 2.45) is 0 Å². The summed E-state index contributed by atoms with van der Waals surface area (Å²) in [6.07, 6.45) is 5.85. The molecule has 31 heavy (non-hydrogen) atoms. The standard InChI is InChI=1S/C25H21N5O/c1-17-7-6-8-18(13-17)30-24(28-11-4-5-12-28)21-15-29(16-23(21)27-30)25(31)20-14-26-22-10-3-2-9-19(20)22/h2-14,26H,15-16H2,1H3. The van der Waals surface area contributed by atoms with Gasteiger partial charge in [-0.15, -0.1) is 0 Å². The lowest BCUT2D eigenvalue weighted by Crippen LogP contribution is -2.26.